The normalized spacial score (nSPS) is 11.3. The predicted molar refractivity (Wildman–Crippen MR) is 115 cm³/mol. The number of hydrogen-bond donors (Lipinski definition) is 0. The van der Waals surface area contributed by atoms with Gasteiger partial charge in [0.05, 0.1) is 16.6 Å². The minimum absolute atomic E-state index is 0.0837. The van der Waals surface area contributed by atoms with Crippen molar-refractivity contribution in [2.24, 2.45) is 0 Å². The zero-order valence-electron chi connectivity index (χ0n) is 14.8. The lowest BCUT2D eigenvalue weighted by Gasteiger charge is -2.12. The highest BCUT2D eigenvalue weighted by atomic mass is 79.9. The van der Waals surface area contributed by atoms with Gasteiger partial charge in [0.2, 0.25) is 0 Å². The van der Waals surface area contributed by atoms with E-state index in [4.69, 9.17) is 4.98 Å². The second-order valence-corrected chi connectivity index (χ2v) is 7.27. The topological polar surface area (TPSA) is 34.9 Å². The fourth-order valence-electron chi connectivity index (χ4n) is 3.04. The molecule has 0 saturated heterocycles. The molecule has 0 N–H and O–H groups in total. The van der Waals surface area contributed by atoms with E-state index >= 15 is 0 Å². The van der Waals surface area contributed by atoms with Gasteiger partial charge in [-0.05, 0) is 54.5 Å². The summed E-state index contributed by atoms with van der Waals surface area (Å²) >= 11 is 3.45. The van der Waals surface area contributed by atoms with Gasteiger partial charge < -0.3 is 0 Å². The van der Waals surface area contributed by atoms with Crippen molar-refractivity contribution in [3.63, 3.8) is 0 Å². The molecule has 3 aromatic carbocycles. The van der Waals surface area contributed by atoms with Crippen molar-refractivity contribution in [2.45, 2.75) is 6.92 Å². The summed E-state index contributed by atoms with van der Waals surface area (Å²) in [6, 6.07) is 23.5. The van der Waals surface area contributed by atoms with Gasteiger partial charge in [-0.3, -0.25) is 9.36 Å². The van der Waals surface area contributed by atoms with E-state index in [-0.39, 0.29) is 5.56 Å². The van der Waals surface area contributed by atoms with Gasteiger partial charge in [0, 0.05) is 4.47 Å². The number of fused-ring (bicyclic) bond motifs is 1. The van der Waals surface area contributed by atoms with Crippen LogP contribution < -0.4 is 5.56 Å². The van der Waals surface area contributed by atoms with Crippen LogP contribution in [-0.2, 0) is 0 Å². The van der Waals surface area contributed by atoms with Gasteiger partial charge in [0.15, 0.2) is 0 Å². The Morgan fingerprint density at radius 2 is 1.74 bits per heavy atom. The summed E-state index contributed by atoms with van der Waals surface area (Å²) in [6.45, 7) is 2.01. The molecule has 0 atom stereocenters. The van der Waals surface area contributed by atoms with Crippen LogP contribution in [-0.4, -0.2) is 9.55 Å². The molecule has 1 aromatic heterocycles. The number of rotatable bonds is 3. The fraction of sp³-hybridized carbons (Fsp3) is 0.0435. The minimum Gasteiger partial charge on any atom is -0.268 e. The lowest BCUT2D eigenvalue weighted by molar-refractivity contribution is 0.942. The van der Waals surface area contributed by atoms with E-state index in [2.05, 4.69) is 15.9 Å². The van der Waals surface area contributed by atoms with Crippen molar-refractivity contribution in [3.05, 3.63) is 105 Å². The maximum absolute atomic E-state index is 13.3. The molecule has 0 amide bonds. The van der Waals surface area contributed by atoms with E-state index in [0.717, 1.165) is 21.3 Å². The van der Waals surface area contributed by atoms with Crippen LogP contribution in [0.4, 0.5) is 0 Å². The average molecular weight is 417 g/mol. The van der Waals surface area contributed by atoms with E-state index in [9.17, 15) is 4.79 Å². The minimum atomic E-state index is -0.0837. The molecule has 0 unspecified atom stereocenters. The molecule has 0 fully saturated rings. The second kappa shape index (κ2) is 7.33. The molecule has 0 spiro atoms. The van der Waals surface area contributed by atoms with Gasteiger partial charge in [-0.1, -0.05) is 64.5 Å². The molecule has 0 saturated carbocycles. The van der Waals surface area contributed by atoms with Crippen LogP contribution in [0.1, 0.15) is 17.0 Å². The number of benzene rings is 3. The summed E-state index contributed by atoms with van der Waals surface area (Å²) in [6.07, 6.45) is 3.86. The molecular weight excluding hydrogens is 400 g/mol. The fourth-order valence-corrected chi connectivity index (χ4v) is 3.40. The first-order valence-corrected chi connectivity index (χ1v) is 9.43. The number of nitrogens with zero attached hydrogens (tertiary/aromatic N) is 2. The molecule has 27 heavy (non-hydrogen) atoms. The van der Waals surface area contributed by atoms with Crippen molar-refractivity contribution in [3.8, 4) is 5.69 Å². The first kappa shape index (κ1) is 17.4. The predicted octanol–water partition coefficient (Wildman–Crippen LogP) is 5.63. The molecule has 0 aliphatic rings. The van der Waals surface area contributed by atoms with E-state index in [1.165, 1.54) is 0 Å². The molecule has 0 aliphatic heterocycles. The highest BCUT2D eigenvalue weighted by Crippen LogP contribution is 2.19. The Hall–Kier alpha value is -2.98. The number of aryl methyl sites for hydroxylation is 1. The first-order valence-electron chi connectivity index (χ1n) is 8.64. The molecule has 132 valence electrons. The van der Waals surface area contributed by atoms with Gasteiger partial charge in [-0.15, -0.1) is 0 Å². The van der Waals surface area contributed by atoms with Crippen molar-refractivity contribution in [1.82, 2.24) is 9.55 Å². The van der Waals surface area contributed by atoms with Crippen LogP contribution in [0.25, 0.3) is 28.7 Å². The molecule has 3 nitrogen and oxygen atoms in total. The molecular formula is C23H17BrN2O. The largest absolute Gasteiger partial charge is 0.268 e. The molecule has 0 bridgehead atoms. The lowest BCUT2D eigenvalue weighted by atomic mass is 10.2. The van der Waals surface area contributed by atoms with E-state index in [1.807, 2.05) is 91.9 Å². The summed E-state index contributed by atoms with van der Waals surface area (Å²) in [4.78, 5) is 18.0. The molecule has 4 rings (SSSR count). The second-order valence-electron chi connectivity index (χ2n) is 6.36. The van der Waals surface area contributed by atoms with E-state index in [0.29, 0.717) is 16.7 Å². The van der Waals surface area contributed by atoms with Crippen molar-refractivity contribution < 1.29 is 0 Å². The molecule has 4 aromatic rings. The third kappa shape index (κ3) is 3.62. The van der Waals surface area contributed by atoms with Crippen LogP contribution in [0.3, 0.4) is 0 Å². The van der Waals surface area contributed by atoms with Gasteiger partial charge in [0.1, 0.15) is 5.82 Å². The number of aromatic nitrogens is 2. The summed E-state index contributed by atoms with van der Waals surface area (Å²) in [5.74, 6) is 0.601. The Balaban J connectivity index is 1.98. The molecule has 0 aliphatic carbocycles. The average Bonchev–Trinajstić information content (AvgIpc) is 2.68. The third-order valence-electron chi connectivity index (χ3n) is 4.34. The Morgan fingerprint density at radius 1 is 0.926 bits per heavy atom. The van der Waals surface area contributed by atoms with Gasteiger partial charge in [-0.25, -0.2) is 4.98 Å². The van der Waals surface area contributed by atoms with Crippen LogP contribution in [0.2, 0.25) is 0 Å². The van der Waals surface area contributed by atoms with Crippen LogP contribution in [0, 0.1) is 6.92 Å². The van der Waals surface area contributed by atoms with Crippen LogP contribution in [0.15, 0.2) is 82.1 Å². The third-order valence-corrected chi connectivity index (χ3v) is 4.83. The van der Waals surface area contributed by atoms with Gasteiger partial charge in [0.25, 0.3) is 5.56 Å². The molecule has 0 radical (unpaired) electrons. The number of halogens is 1. The maximum atomic E-state index is 13.3. The summed E-state index contributed by atoms with van der Waals surface area (Å²) in [5.41, 5.74) is 3.55. The zero-order valence-corrected chi connectivity index (χ0v) is 16.3. The van der Waals surface area contributed by atoms with Crippen LogP contribution >= 0.6 is 15.9 Å². The van der Waals surface area contributed by atoms with Gasteiger partial charge >= 0.3 is 0 Å². The van der Waals surface area contributed by atoms with Crippen molar-refractivity contribution >= 4 is 39.0 Å². The monoisotopic (exact) mass is 416 g/mol. The number of hydrogen-bond acceptors (Lipinski definition) is 2. The molecule has 1 heterocycles. The van der Waals surface area contributed by atoms with Crippen LogP contribution in [0.5, 0.6) is 0 Å². The highest BCUT2D eigenvalue weighted by Gasteiger charge is 2.11. The first-order chi connectivity index (χ1) is 13.1. The van der Waals surface area contributed by atoms with Gasteiger partial charge in [-0.2, -0.15) is 0 Å². The SMILES string of the molecule is Cc1cccc(-n2c(/C=C/c3ccccc3)nc3ccc(Br)cc3c2=O)c1. The Labute approximate surface area is 165 Å². The quantitative estimate of drug-likeness (QED) is 0.433. The Bertz CT molecular complexity index is 1210. The summed E-state index contributed by atoms with van der Waals surface area (Å²) in [7, 11) is 0. The summed E-state index contributed by atoms with van der Waals surface area (Å²) < 4.78 is 2.53. The van der Waals surface area contributed by atoms with E-state index < -0.39 is 0 Å². The maximum Gasteiger partial charge on any atom is 0.266 e. The lowest BCUT2D eigenvalue weighted by Crippen LogP contribution is -2.22. The summed E-state index contributed by atoms with van der Waals surface area (Å²) in [5, 5.41) is 0.586. The zero-order chi connectivity index (χ0) is 18.8. The highest BCUT2D eigenvalue weighted by molar-refractivity contribution is 9.10. The molecule has 4 heteroatoms. The Kier molecular flexibility index (Phi) is 4.73. The van der Waals surface area contributed by atoms with E-state index in [1.54, 1.807) is 4.57 Å². The Morgan fingerprint density at radius 3 is 2.52 bits per heavy atom. The van der Waals surface area contributed by atoms with Crippen molar-refractivity contribution in [2.75, 3.05) is 0 Å². The van der Waals surface area contributed by atoms with Crippen molar-refractivity contribution in [1.29, 1.82) is 0 Å². The standard InChI is InChI=1S/C23H17BrN2O/c1-16-6-5-9-19(14-16)26-22(13-10-17-7-3-2-4-8-17)25-21-12-11-18(24)15-20(21)23(26)27/h2-15H,1H3/b13-10+. The smallest absolute Gasteiger partial charge is 0.266 e.